The molecular formula is C22H41N7. The second kappa shape index (κ2) is 11.0. The molecule has 3 rings (SSSR count). The first-order valence-electron chi connectivity index (χ1n) is 11.7. The summed E-state index contributed by atoms with van der Waals surface area (Å²) in [6.45, 7) is 10.6. The van der Waals surface area contributed by atoms with Crippen molar-refractivity contribution in [3.63, 3.8) is 0 Å². The van der Waals surface area contributed by atoms with Crippen molar-refractivity contribution in [1.82, 2.24) is 30.3 Å². The lowest BCUT2D eigenvalue weighted by Crippen LogP contribution is -2.51. The van der Waals surface area contributed by atoms with Gasteiger partial charge in [0.25, 0.3) is 0 Å². The molecule has 1 unspecified atom stereocenters. The highest BCUT2D eigenvalue weighted by Crippen LogP contribution is 2.19. The first-order valence-corrected chi connectivity index (χ1v) is 11.7. The number of hydrogen-bond donors (Lipinski definition) is 2. The van der Waals surface area contributed by atoms with E-state index in [1.165, 1.54) is 64.5 Å². The van der Waals surface area contributed by atoms with Crippen LogP contribution in [0.25, 0.3) is 0 Å². The first kappa shape index (κ1) is 22.1. The Bertz CT molecular complexity index is 638. The molecule has 0 aromatic carbocycles. The van der Waals surface area contributed by atoms with Crippen molar-refractivity contribution in [3.8, 4) is 0 Å². The molecule has 1 aromatic heterocycles. The van der Waals surface area contributed by atoms with Crippen LogP contribution in [0, 0.1) is 12.8 Å². The Hall–Kier alpha value is -1.63. The topological polar surface area (TPSA) is 70.4 Å². The first-order chi connectivity index (χ1) is 14.0. The van der Waals surface area contributed by atoms with E-state index in [0.717, 1.165) is 24.2 Å². The Balaban J connectivity index is 1.65. The molecule has 0 spiro atoms. The van der Waals surface area contributed by atoms with E-state index in [1.807, 2.05) is 18.5 Å². The molecule has 7 heteroatoms. The summed E-state index contributed by atoms with van der Waals surface area (Å²) in [5.74, 6) is 3.38. The van der Waals surface area contributed by atoms with Crippen LogP contribution in [-0.4, -0.2) is 57.3 Å². The van der Waals surface area contributed by atoms with Crippen molar-refractivity contribution in [1.29, 1.82) is 0 Å². The minimum Gasteiger partial charge on any atom is -0.355 e. The quantitative estimate of drug-likeness (QED) is 0.541. The summed E-state index contributed by atoms with van der Waals surface area (Å²) in [4.78, 5) is 7.58. The maximum absolute atomic E-state index is 4.88. The molecule has 1 atom stereocenters. The molecule has 1 aromatic rings. The van der Waals surface area contributed by atoms with Crippen LogP contribution < -0.4 is 10.6 Å². The maximum Gasteiger partial charge on any atom is 0.191 e. The molecule has 1 saturated carbocycles. The molecule has 2 fully saturated rings. The number of nitrogens with zero attached hydrogens (tertiary/aromatic N) is 5. The Morgan fingerprint density at radius 3 is 2.34 bits per heavy atom. The van der Waals surface area contributed by atoms with Gasteiger partial charge in [0.05, 0.1) is 0 Å². The number of likely N-dealkylation sites (tertiary alicyclic amines) is 1. The largest absolute Gasteiger partial charge is 0.355 e. The van der Waals surface area contributed by atoms with Crippen molar-refractivity contribution in [3.05, 3.63) is 11.6 Å². The zero-order valence-corrected chi connectivity index (χ0v) is 19.0. The van der Waals surface area contributed by atoms with Crippen LogP contribution in [0.3, 0.4) is 0 Å². The highest BCUT2D eigenvalue weighted by Gasteiger charge is 2.24. The molecule has 1 saturated heterocycles. The van der Waals surface area contributed by atoms with E-state index in [2.05, 4.69) is 39.6 Å². The second-order valence-electron chi connectivity index (χ2n) is 9.16. The molecule has 164 valence electrons. The van der Waals surface area contributed by atoms with Crippen molar-refractivity contribution in [2.24, 2.45) is 18.0 Å². The molecule has 0 amide bonds. The lowest BCUT2D eigenvalue weighted by atomic mass is 10.0. The van der Waals surface area contributed by atoms with Crippen LogP contribution in [0.5, 0.6) is 0 Å². The number of hydrogen-bond acceptors (Lipinski definition) is 4. The van der Waals surface area contributed by atoms with Crippen molar-refractivity contribution in [2.45, 2.75) is 90.8 Å². The summed E-state index contributed by atoms with van der Waals surface area (Å²) >= 11 is 0. The van der Waals surface area contributed by atoms with Gasteiger partial charge in [0.1, 0.15) is 12.4 Å². The molecule has 2 N–H and O–H groups in total. The monoisotopic (exact) mass is 403 g/mol. The number of aryl methyl sites for hydroxylation is 1. The minimum atomic E-state index is 0.540. The van der Waals surface area contributed by atoms with Crippen LogP contribution in [-0.2, 0) is 13.6 Å². The normalized spacial score (nSPS) is 20.8. The van der Waals surface area contributed by atoms with Gasteiger partial charge in [-0.1, -0.05) is 39.5 Å². The van der Waals surface area contributed by atoms with E-state index in [0.29, 0.717) is 24.5 Å². The summed E-state index contributed by atoms with van der Waals surface area (Å²) in [5.41, 5.74) is 0. The van der Waals surface area contributed by atoms with Gasteiger partial charge in [-0.05, 0) is 51.6 Å². The van der Waals surface area contributed by atoms with Gasteiger partial charge in [0, 0.05) is 25.7 Å². The van der Waals surface area contributed by atoms with Crippen LogP contribution in [0.1, 0.15) is 76.9 Å². The number of aliphatic imine (C=N–C) groups is 1. The predicted molar refractivity (Wildman–Crippen MR) is 119 cm³/mol. The zero-order valence-electron chi connectivity index (χ0n) is 19.0. The van der Waals surface area contributed by atoms with Crippen LogP contribution >= 0.6 is 0 Å². The summed E-state index contributed by atoms with van der Waals surface area (Å²) in [5, 5.41) is 15.8. The van der Waals surface area contributed by atoms with Gasteiger partial charge >= 0.3 is 0 Å². The van der Waals surface area contributed by atoms with Crippen molar-refractivity contribution >= 4 is 5.96 Å². The van der Waals surface area contributed by atoms with Gasteiger partial charge < -0.3 is 15.2 Å². The van der Waals surface area contributed by atoms with E-state index in [1.54, 1.807) is 0 Å². The Morgan fingerprint density at radius 2 is 1.76 bits per heavy atom. The average Bonchev–Trinajstić information content (AvgIpc) is 3.22. The lowest BCUT2D eigenvalue weighted by molar-refractivity contribution is 0.161. The SMILES string of the molecule is Cc1nnc(CN=C(NCC(C(C)C)N2CCCCCC2)NC2CCCC2)n1C. The van der Waals surface area contributed by atoms with Gasteiger partial charge in [-0.2, -0.15) is 0 Å². The minimum absolute atomic E-state index is 0.540. The van der Waals surface area contributed by atoms with Crippen LogP contribution in [0.2, 0.25) is 0 Å². The van der Waals surface area contributed by atoms with Gasteiger partial charge in [-0.25, -0.2) is 4.99 Å². The highest BCUT2D eigenvalue weighted by atomic mass is 15.3. The maximum atomic E-state index is 4.88. The number of rotatable bonds is 7. The van der Waals surface area contributed by atoms with Crippen molar-refractivity contribution in [2.75, 3.05) is 19.6 Å². The standard InChI is InChI=1S/C22H41N7/c1-17(2)20(29-13-9-5-6-10-14-29)15-23-22(25-19-11-7-8-12-19)24-16-21-27-26-18(3)28(21)4/h17,19-20H,5-16H2,1-4H3,(H2,23,24,25). The highest BCUT2D eigenvalue weighted by molar-refractivity contribution is 5.80. The molecule has 29 heavy (non-hydrogen) atoms. The molecule has 0 radical (unpaired) electrons. The third-order valence-corrected chi connectivity index (χ3v) is 6.62. The van der Waals surface area contributed by atoms with E-state index >= 15 is 0 Å². The zero-order chi connectivity index (χ0) is 20.6. The smallest absolute Gasteiger partial charge is 0.191 e. The number of aromatic nitrogens is 3. The Kier molecular flexibility index (Phi) is 8.33. The van der Waals surface area contributed by atoms with Gasteiger partial charge in [-0.15, -0.1) is 10.2 Å². The Morgan fingerprint density at radius 1 is 1.07 bits per heavy atom. The van der Waals surface area contributed by atoms with Crippen LogP contribution in [0.15, 0.2) is 4.99 Å². The van der Waals surface area contributed by atoms with E-state index < -0.39 is 0 Å². The number of guanidine groups is 1. The summed E-state index contributed by atoms with van der Waals surface area (Å²) in [6, 6.07) is 1.08. The molecule has 1 aliphatic carbocycles. The van der Waals surface area contributed by atoms with E-state index in [4.69, 9.17) is 4.99 Å². The third-order valence-electron chi connectivity index (χ3n) is 6.62. The number of nitrogens with one attached hydrogen (secondary N) is 2. The van der Waals surface area contributed by atoms with E-state index in [9.17, 15) is 0 Å². The van der Waals surface area contributed by atoms with E-state index in [-0.39, 0.29) is 0 Å². The van der Waals surface area contributed by atoms with Gasteiger partial charge in [-0.3, -0.25) is 4.90 Å². The summed E-state index contributed by atoms with van der Waals surface area (Å²) in [7, 11) is 2.01. The van der Waals surface area contributed by atoms with Gasteiger partial charge in [0.15, 0.2) is 11.8 Å². The fourth-order valence-corrected chi connectivity index (χ4v) is 4.57. The fraction of sp³-hybridized carbons (Fsp3) is 0.864. The van der Waals surface area contributed by atoms with Gasteiger partial charge in [0.2, 0.25) is 0 Å². The molecule has 2 aliphatic rings. The molecule has 1 aliphatic heterocycles. The second-order valence-corrected chi connectivity index (χ2v) is 9.16. The summed E-state index contributed by atoms with van der Waals surface area (Å²) in [6.07, 6.45) is 10.5. The summed E-state index contributed by atoms with van der Waals surface area (Å²) < 4.78 is 2.02. The van der Waals surface area contributed by atoms with Crippen LogP contribution in [0.4, 0.5) is 0 Å². The lowest BCUT2D eigenvalue weighted by Gasteiger charge is -2.34. The Labute approximate surface area is 176 Å². The third kappa shape index (κ3) is 6.43. The molecule has 2 heterocycles. The molecule has 0 bridgehead atoms. The fourth-order valence-electron chi connectivity index (χ4n) is 4.57. The molecule has 7 nitrogen and oxygen atoms in total. The average molecular weight is 404 g/mol. The predicted octanol–water partition coefficient (Wildman–Crippen LogP) is 3.00. The van der Waals surface area contributed by atoms with Crippen molar-refractivity contribution < 1.29 is 0 Å². The molecular weight excluding hydrogens is 362 g/mol.